The van der Waals surface area contributed by atoms with E-state index in [9.17, 15) is 22.0 Å². The molecule has 9 heteroatoms. The molecule has 1 aromatic rings. The van der Waals surface area contributed by atoms with E-state index in [1.807, 2.05) is 13.8 Å². The summed E-state index contributed by atoms with van der Waals surface area (Å²) in [6.07, 6.45) is 0. The Kier molecular flexibility index (Phi) is 5.56. The smallest absolute Gasteiger partial charge is 0.246 e. The molecule has 134 valence electrons. The van der Waals surface area contributed by atoms with E-state index in [1.165, 1.54) is 4.90 Å². The molecule has 1 aliphatic rings. The van der Waals surface area contributed by atoms with Crippen molar-refractivity contribution < 1.29 is 22.0 Å². The van der Waals surface area contributed by atoms with E-state index in [2.05, 4.69) is 0 Å². The van der Waals surface area contributed by atoms with Crippen molar-refractivity contribution in [1.29, 1.82) is 0 Å². The zero-order chi connectivity index (χ0) is 18.1. The van der Waals surface area contributed by atoms with Gasteiger partial charge in [-0.1, -0.05) is 13.8 Å². The van der Waals surface area contributed by atoms with E-state index in [4.69, 9.17) is 5.73 Å². The average Bonchev–Trinajstić information content (AvgIpc) is 2.53. The van der Waals surface area contributed by atoms with Crippen LogP contribution in [0.1, 0.15) is 13.8 Å². The topological polar surface area (TPSA) is 83.7 Å². The first-order chi connectivity index (χ1) is 11.1. The standard InChI is InChI=1S/C15H21F2N3O3S/c1-10(2)14(18)15(21)19-5-7-20(8-6-19)24(22,23)13-4-3-11(16)9-12(13)17/h3-4,9-10,14H,5-8,18H2,1-2H3/t14-/m0/s1. The van der Waals surface area contributed by atoms with E-state index in [0.717, 1.165) is 16.4 Å². The Labute approximate surface area is 140 Å². The molecule has 1 aromatic carbocycles. The predicted molar refractivity (Wildman–Crippen MR) is 84.5 cm³/mol. The van der Waals surface area contributed by atoms with E-state index in [-0.39, 0.29) is 38.0 Å². The molecule has 1 saturated heterocycles. The van der Waals surface area contributed by atoms with Crippen molar-refractivity contribution in [2.24, 2.45) is 11.7 Å². The number of carbonyl (C=O) groups excluding carboxylic acids is 1. The molecule has 0 aromatic heterocycles. The highest BCUT2D eigenvalue weighted by Gasteiger charge is 2.33. The molecule has 0 aliphatic carbocycles. The van der Waals surface area contributed by atoms with Gasteiger partial charge in [0.25, 0.3) is 0 Å². The maximum absolute atomic E-state index is 13.8. The lowest BCUT2D eigenvalue weighted by Crippen LogP contribution is -2.55. The minimum absolute atomic E-state index is 0.0208. The largest absolute Gasteiger partial charge is 0.339 e. The Balaban J connectivity index is 2.10. The lowest BCUT2D eigenvalue weighted by molar-refractivity contribution is -0.134. The van der Waals surface area contributed by atoms with Crippen molar-refractivity contribution >= 4 is 15.9 Å². The summed E-state index contributed by atoms with van der Waals surface area (Å²) in [5.41, 5.74) is 5.83. The van der Waals surface area contributed by atoms with Crippen LogP contribution in [0.15, 0.2) is 23.1 Å². The summed E-state index contributed by atoms with van der Waals surface area (Å²) in [5.74, 6) is -2.22. The van der Waals surface area contributed by atoms with Crippen LogP contribution >= 0.6 is 0 Å². The fourth-order valence-corrected chi connectivity index (χ4v) is 3.94. The van der Waals surface area contributed by atoms with E-state index in [1.54, 1.807) is 0 Å². The number of hydrogen-bond acceptors (Lipinski definition) is 4. The number of rotatable bonds is 4. The fourth-order valence-electron chi connectivity index (χ4n) is 2.47. The Hall–Kier alpha value is -1.58. The van der Waals surface area contributed by atoms with Gasteiger partial charge in [-0.05, 0) is 18.1 Å². The number of nitrogens with two attached hydrogens (primary N) is 1. The summed E-state index contributed by atoms with van der Waals surface area (Å²) in [5, 5.41) is 0. The van der Waals surface area contributed by atoms with E-state index < -0.39 is 32.6 Å². The fraction of sp³-hybridized carbons (Fsp3) is 0.533. The Morgan fingerprint density at radius 3 is 2.25 bits per heavy atom. The minimum Gasteiger partial charge on any atom is -0.339 e. The van der Waals surface area contributed by atoms with Crippen molar-refractivity contribution in [2.45, 2.75) is 24.8 Å². The third-order valence-electron chi connectivity index (χ3n) is 4.07. The molecular formula is C15H21F2N3O3S. The first-order valence-corrected chi connectivity index (χ1v) is 9.08. The second kappa shape index (κ2) is 7.12. The van der Waals surface area contributed by atoms with Crippen molar-refractivity contribution in [1.82, 2.24) is 9.21 Å². The monoisotopic (exact) mass is 361 g/mol. The molecule has 1 atom stereocenters. The molecular weight excluding hydrogens is 340 g/mol. The number of piperazine rings is 1. The van der Waals surface area contributed by atoms with Crippen LogP contribution in [-0.4, -0.2) is 55.8 Å². The zero-order valence-electron chi connectivity index (χ0n) is 13.6. The first kappa shape index (κ1) is 18.8. The van der Waals surface area contributed by atoms with Gasteiger partial charge < -0.3 is 10.6 Å². The van der Waals surface area contributed by atoms with Crippen LogP contribution in [0, 0.1) is 17.6 Å². The molecule has 1 heterocycles. The van der Waals surface area contributed by atoms with Crippen LogP contribution in [0.2, 0.25) is 0 Å². The number of amides is 1. The Morgan fingerprint density at radius 1 is 1.17 bits per heavy atom. The van der Waals surface area contributed by atoms with Gasteiger partial charge in [-0.3, -0.25) is 4.79 Å². The Morgan fingerprint density at radius 2 is 1.75 bits per heavy atom. The van der Waals surface area contributed by atoms with Crippen molar-refractivity contribution in [3.8, 4) is 0 Å². The van der Waals surface area contributed by atoms with Gasteiger partial charge in [-0.2, -0.15) is 4.31 Å². The summed E-state index contributed by atoms with van der Waals surface area (Å²) in [6, 6.07) is 1.71. The summed E-state index contributed by atoms with van der Waals surface area (Å²) in [6.45, 7) is 4.11. The lowest BCUT2D eigenvalue weighted by Gasteiger charge is -2.35. The maximum atomic E-state index is 13.8. The van der Waals surface area contributed by atoms with Crippen molar-refractivity contribution in [3.05, 3.63) is 29.8 Å². The van der Waals surface area contributed by atoms with Gasteiger partial charge in [0.1, 0.15) is 16.5 Å². The molecule has 0 saturated carbocycles. The van der Waals surface area contributed by atoms with Gasteiger partial charge >= 0.3 is 0 Å². The molecule has 2 rings (SSSR count). The van der Waals surface area contributed by atoms with E-state index in [0.29, 0.717) is 6.07 Å². The SMILES string of the molecule is CC(C)[C@H](N)C(=O)N1CCN(S(=O)(=O)c2ccc(F)cc2F)CC1. The summed E-state index contributed by atoms with van der Waals surface area (Å²) in [7, 11) is -4.07. The highest BCUT2D eigenvalue weighted by molar-refractivity contribution is 7.89. The van der Waals surface area contributed by atoms with Crippen LogP contribution in [-0.2, 0) is 14.8 Å². The van der Waals surface area contributed by atoms with Gasteiger partial charge in [-0.15, -0.1) is 0 Å². The van der Waals surface area contributed by atoms with Crippen LogP contribution in [0.4, 0.5) is 8.78 Å². The second-order valence-corrected chi connectivity index (χ2v) is 7.98. The maximum Gasteiger partial charge on any atom is 0.246 e. The molecule has 0 bridgehead atoms. The number of hydrogen-bond donors (Lipinski definition) is 1. The quantitative estimate of drug-likeness (QED) is 0.859. The number of benzene rings is 1. The molecule has 0 spiro atoms. The predicted octanol–water partition coefficient (Wildman–Crippen LogP) is 0.781. The highest BCUT2D eigenvalue weighted by atomic mass is 32.2. The number of halogens is 2. The Bertz CT molecular complexity index is 717. The number of sulfonamides is 1. The molecule has 0 unspecified atom stereocenters. The third kappa shape index (κ3) is 3.73. The van der Waals surface area contributed by atoms with Gasteiger partial charge in [-0.25, -0.2) is 17.2 Å². The molecule has 0 radical (unpaired) electrons. The van der Waals surface area contributed by atoms with Gasteiger partial charge in [0.2, 0.25) is 15.9 Å². The highest BCUT2D eigenvalue weighted by Crippen LogP contribution is 2.21. The van der Waals surface area contributed by atoms with Crippen LogP contribution in [0.3, 0.4) is 0 Å². The van der Waals surface area contributed by atoms with Crippen molar-refractivity contribution in [2.75, 3.05) is 26.2 Å². The summed E-state index contributed by atoms with van der Waals surface area (Å²) >= 11 is 0. The van der Waals surface area contributed by atoms with Crippen LogP contribution in [0.25, 0.3) is 0 Å². The zero-order valence-corrected chi connectivity index (χ0v) is 14.4. The average molecular weight is 361 g/mol. The van der Waals surface area contributed by atoms with E-state index >= 15 is 0 Å². The second-order valence-electron chi connectivity index (χ2n) is 6.07. The van der Waals surface area contributed by atoms with Crippen LogP contribution in [0.5, 0.6) is 0 Å². The minimum atomic E-state index is -4.07. The van der Waals surface area contributed by atoms with Gasteiger partial charge in [0, 0.05) is 32.2 Å². The van der Waals surface area contributed by atoms with Crippen molar-refractivity contribution in [3.63, 3.8) is 0 Å². The molecule has 1 fully saturated rings. The summed E-state index contributed by atoms with van der Waals surface area (Å²) in [4.78, 5) is 13.1. The first-order valence-electron chi connectivity index (χ1n) is 7.64. The number of nitrogens with zero attached hydrogens (tertiary/aromatic N) is 2. The third-order valence-corrected chi connectivity index (χ3v) is 6.00. The van der Waals surface area contributed by atoms with Crippen LogP contribution < -0.4 is 5.73 Å². The number of carbonyl (C=O) groups is 1. The lowest BCUT2D eigenvalue weighted by atomic mass is 10.0. The van der Waals surface area contributed by atoms with Gasteiger partial charge in [0.05, 0.1) is 6.04 Å². The molecule has 1 aliphatic heterocycles. The normalized spacial score (nSPS) is 18.0. The molecule has 24 heavy (non-hydrogen) atoms. The molecule has 1 amide bonds. The summed E-state index contributed by atoms with van der Waals surface area (Å²) < 4.78 is 52.8. The molecule has 2 N–H and O–H groups in total. The van der Waals surface area contributed by atoms with Gasteiger partial charge in [0.15, 0.2) is 0 Å². The molecule has 6 nitrogen and oxygen atoms in total.